The average molecular weight is 493 g/mol. The quantitative estimate of drug-likeness (QED) is 0.443. The molecule has 9 heteroatoms. The van der Waals surface area contributed by atoms with Gasteiger partial charge in [0, 0.05) is 0 Å². The van der Waals surface area contributed by atoms with Crippen LogP contribution < -0.4 is 14.8 Å². The molecular weight excluding hydrogens is 471 g/mol. The highest BCUT2D eigenvalue weighted by Crippen LogP contribution is 2.27. The Morgan fingerprint density at radius 1 is 0.969 bits per heavy atom. The molecule has 0 aliphatic heterocycles. The molecule has 6 nitrogen and oxygen atoms in total. The number of hydrogen-bond acceptors (Lipinski definition) is 4. The summed E-state index contributed by atoms with van der Waals surface area (Å²) in [6.07, 6.45) is 0.140. The number of carbonyl (C=O) groups excluding carboxylic acids is 1. The highest BCUT2D eigenvalue weighted by molar-refractivity contribution is 7.89. The molecule has 1 amide bonds. The summed E-state index contributed by atoms with van der Waals surface area (Å²) in [6.45, 7) is 2.19. The third kappa shape index (κ3) is 6.23. The lowest BCUT2D eigenvalue weighted by Crippen LogP contribution is -2.45. The van der Waals surface area contributed by atoms with Crippen molar-refractivity contribution in [2.75, 3.05) is 11.9 Å². The van der Waals surface area contributed by atoms with Crippen molar-refractivity contribution < 1.29 is 17.9 Å². The minimum atomic E-state index is -4.07. The Morgan fingerprint density at radius 3 is 2.31 bits per heavy atom. The van der Waals surface area contributed by atoms with Crippen LogP contribution >= 0.6 is 23.2 Å². The molecule has 0 aliphatic carbocycles. The number of halogens is 2. The molecule has 0 fully saturated rings. The molecule has 2 N–H and O–H groups in total. The van der Waals surface area contributed by atoms with Gasteiger partial charge >= 0.3 is 0 Å². The number of hydrogen-bond donors (Lipinski definition) is 2. The first-order valence-corrected chi connectivity index (χ1v) is 12.1. The van der Waals surface area contributed by atoms with Crippen molar-refractivity contribution in [3.05, 3.63) is 88.4 Å². The molecule has 0 heterocycles. The SMILES string of the molecule is CCOc1ccc(S(=O)(=O)NC(Cc2ccccc2)C(=O)Nc2ccccc2Cl)cc1Cl. The van der Waals surface area contributed by atoms with Crippen molar-refractivity contribution in [1.29, 1.82) is 0 Å². The van der Waals surface area contributed by atoms with E-state index in [-0.39, 0.29) is 16.3 Å². The molecule has 0 saturated carbocycles. The zero-order valence-corrected chi connectivity index (χ0v) is 19.5. The van der Waals surface area contributed by atoms with E-state index in [0.717, 1.165) is 5.56 Å². The van der Waals surface area contributed by atoms with E-state index in [9.17, 15) is 13.2 Å². The van der Waals surface area contributed by atoms with Crippen LogP contribution in [0.5, 0.6) is 5.75 Å². The lowest BCUT2D eigenvalue weighted by Gasteiger charge is -2.19. The van der Waals surface area contributed by atoms with Crippen LogP contribution in [0.2, 0.25) is 10.0 Å². The summed E-state index contributed by atoms with van der Waals surface area (Å²) in [7, 11) is -4.07. The largest absolute Gasteiger partial charge is 0.492 e. The third-order valence-electron chi connectivity index (χ3n) is 4.54. The smallest absolute Gasteiger partial charge is 0.242 e. The summed E-state index contributed by atoms with van der Waals surface area (Å²) in [5, 5.41) is 3.21. The fourth-order valence-corrected chi connectivity index (χ4v) is 4.70. The van der Waals surface area contributed by atoms with Gasteiger partial charge in [0.1, 0.15) is 11.8 Å². The van der Waals surface area contributed by atoms with Crippen LogP contribution in [0, 0.1) is 0 Å². The number of para-hydroxylation sites is 1. The predicted octanol–water partition coefficient (Wildman–Crippen LogP) is 4.92. The molecule has 0 bridgehead atoms. The monoisotopic (exact) mass is 492 g/mol. The second-order valence-electron chi connectivity index (χ2n) is 6.86. The molecule has 0 radical (unpaired) electrons. The van der Waals surface area contributed by atoms with Crippen LogP contribution in [0.3, 0.4) is 0 Å². The summed E-state index contributed by atoms with van der Waals surface area (Å²) in [5.74, 6) is -0.159. The van der Waals surface area contributed by atoms with E-state index in [2.05, 4.69) is 10.0 Å². The number of anilines is 1. The van der Waals surface area contributed by atoms with Gasteiger partial charge in [-0.2, -0.15) is 4.72 Å². The van der Waals surface area contributed by atoms with E-state index in [1.807, 2.05) is 30.3 Å². The number of rotatable bonds is 9. The van der Waals surface area contributed by atoms with Crippen molar-refractivity contribution in [3.8, 4) is 5.75 Å². The van der Waals surface area contributed by atoms with Crippen LogP contribution in [0.15, 0.2) is 77.7 Å². The fourth-order valence-electron chi connectivity index (χ4n) is 3.00. The van der Waals surface area contributed by atoms with Gasteiger partial charge in [0.25, 0.3) is 0 Å². The summed E-state index contributed by atoms with van der Waals surface area (Å²) in [6, 6.07) is 18.9. The number of amides is 1. The zero-order valence-electron chi connectivity index (χ0n) is 17.2. The van der Waals surface area contributed by atoms with Gasteiger partial charge in [-0.3, -0.25) is 4.79 Å². The maximum Gasteiger partial charge on any atom is 0.242 e. The molecular formula is C23H22Cl2N2O4S. The van der Waals surface area contributed by atoms with Crippen molar-refractivity contribution in [1.82, 2.24) is 4.72 Å². The second kappa shape index (κ2) is 10.8. The summed E-state index contributed by atoms with van der Waals surface area (Å²) >= 11 is 12.3. The highest BCUT2D eigenvalue weighted by atomic mass is 35.5. The highest BCUT2D eigenvalue weighted by Gasteiger charge is 2.27. The van der Waals surface area contributed by atoms with E-state index in [4.69, 9.17) is 27.9 Å². The van der Waals surface area contributed by atoms with Gasteiger partial charge in [-0.25, -0.2) is 8.42 Å². The first-order chi connectivity index (χ1) is 15.3. The first-order valence-electron chi connectivity index (χ1n) is 9.84. The Kier molecular flexibility index (Phi) is 8.15. The molecule has 32 heavy (non-hydrogen) atoms. The third-order valence-corrected chi connectivity index (χ3v) is 6.64. The molecule has 0 spiro atoms. The van der Waals surface area contributed by atoms with E-state index < -0.39 is 22.0 Å². The van der Waals surface area contributed by atoms with Crippen molar-refractivity contribution in [3.63, 3.8) is 0 Å². The Balaban J connectivity index is 1.88. The normalized spacial score (nSPS) is 12.2. The summed E-state index contributed by atoms with van der Waals surface area (Å²) in [4.78, 5) is 13.0. The average Bonchev–Trinajstić information content (AvgIpc) is 2.77. The molecule has 3 rings (SSSR count). The van der Waals surface area contributed by atoms with E-state index in [1.54, 1.807) is 31.2 Å². The molecule has 3 aromatic rings. The van der Waals surface area contributed by atoms with Gasteiger partial charge in [-0.15, -0.1) is 0 Å². The molecule has 0 aromatic heterocycles. The molecule has 1 unspecified atom stereocenters. The van der Waals surface area contributed by atoms with Gasteiger partial charge in [0.05, 0.1) is 27.2 Å². The first kappa shape index (κ1) is 24.1. The van der Waals surface area contributed by atoms with Gasteiger partial charge in [-0.1, -0.05) is 65.7 Å². The lowest BCUT2D eigenvalue weighted by molar-refractivity contribution is -0.117. The standard InChI is InChI=1S/C23H22Cl2N2O4S/c1-2-31-22-13-12-17(15-19(22)25)32(29,30)27-21(14-16-8-4-3-5-9-16)23(28)26-20-11-7-6-10-18(20)24/h3-13,15,21,27H,2,14H2,1H3,(H,26,28). The number of sulfonamides is 1. The predicted molar refractivity (Wildman–Crippen MR) is 127 cm³/mol. The Morgan fingerprint density at radius 2 is 1.66 bits per heavy atom. The summed E-state index contributed by atoms with van der Waals surface area (Å²) in [5.41, 5.74) is 1.18. The maximum atomic E-state index is 13.1. The summed E-state index contributed by atoms with van der Waals surface area (Å²) < 4.78 is 34.0. The second-order valence-corrected chi connectivity index (χ2v) is 9.39. The van der Waals surface area contributed by atoms with Crippen molar-refractivity contribution >= 4 is 44.8 Å². The number of nitrogens with one attached hydrogen (secondary N) is 2. The maximum absolute atomic E-state index is 13.1. The van der Waals surface area contributed by atoms with E-state index in [1.165, 1.54) is 18.2 Å². The fraction of sp³-hybridized carbons (Fsp3) is 0.174. The molecule has 3 aromatic carbocycles. The van der Waals surface area contributed by atoms with Gasteiger partial charge in [-0.05, 0) is 49.2 Å². The number of ether oxygens (including phenoxy) is 1. The van der Waals surface area contributed by atoms with Crippen LogP contribution in [-0.2, 0) is 21.2 Å². The van der Waals surface area contributed by atoms with Crippen LogP contribution in [-0.4, -0.2) is 27.0 Å². The van der Waals surface area contributed by atoms with E-state index >= 15 is 0 Å². The molecule has 0 saturated heterocycles. The van der Waals surface area contributed by atoms with Gasteiger partial charge in [0.2, 0.25) is 15.9 Å². The van der Waals surface area contributed by atoms with Crippen molar-refractivity contribution in [2.24, 2.45) is 0 Å². The van der Waals surface area contributed by atoms with Gasteiger partial charge in [0.15, 0.2) is 0 Å². The zero-order chi connectivity index (χ0) is 23.1. The lowest BCUT2D eigenvalue weighted by atomic mass is 10.1. The minimum absolute atomic E-state index is 0.0745. The van der Waals surface area contributed by atoms with E-state index in [0.29, 0.717) is 23.1 Å². The number of benzene rings is 3. The Bertz CT molecular complexity index is 1190. The van der Waals surface area contributed by atoms with Crippen LogP contribution in [0.4, 0.5) is 5.69 Å². The molecule has 1 atom stereocenters. The van der Waals surface area contributed by atoms with Crippen LogP contribution in [0.25, 0.3) is 0 Å². The molecule has 168 valence electrons. The number of carbonyl (C=O) groups is 1. The Hall–Kier alpha value is -2.58. The van der Waals surface area contributed by atoms with Crippen LogP contribution in [0.1, 0.15) is 12.5 Å². The van der Waals surface area contributed by atoms with Gasteiger partial charge < -0.3 is 10.1 Å². The Labute approximate surface area is 197 Å². The minimum Gasteiger partial charge on any atom is -0.492 e. The molecule has 0 aliphatic rings. The van der Waals surface area contributed by atoms with Crippen molar-refractivity contribution in [2.45, 2.75) is 24.3 Å². The topological polar surface area (TPSA) is 84.5 Å².